The Morgan fingerprint density at radius 1 is 0.762 bits per heavy atom. The van der Waals surface area contributed by atoms with Gasteiger partial charge in [0, 0.05) is 0 Å². The fourth-order valence-electron chi connectivity index (χ4n) is 3.27. The number of aromatic nitrogens is 2. The number of para-hydroxylation sites is 2. The normalized spacial score (nSPS) is 11.4. The third-order valence-corrected chi connectivity index (χ3v) is 5.98. The summed E-state index contributed by atoms with van der Waals surface area (Å²) in [5.41, 5.74) is 6.67. The Bertz CT molecular complexity index is 1700. The number of fused-ring (bicyclic) bond motifs is 2. The van der Waals surface area contributed by atoms with Crippen LogP contribution in [0.25, 0.3) is 0 Å². The van der Waals surface area contributed by atoms with Crippen LogP contribution in [0.15, 0.2) is 48.5 Å². The van der Waals surface area contributed by atoms with Gasteiger partial charge >= 0.3 is 0 Å². The Labute approximate surface area is 253 Å². The number of nitriles is 2. The zero-order valence-corrected chi connectivity index (χ0v) is 22.7. The summed E-state index contributed by atoms with van der Waals surface area (Å²) >= 11 is 16.5. The van der Waals surface area contributed by atoms with Crippen molar-refractivity contribution < 1.29 is 27.7 Å². The maximum absolute atomic E-state index is 13.8. The molecule has 0 atom stereocenters. The molecule has 2 aromatic heterocycles. The number of nitrogen functional groups attached to an aromatic ring is 1. The van der Waals surface area contributed by atoms with Gasteiger partial charge in [-0.1, -0.05) is 54.4 Å². The molecule has 15 heteroatoms. The molecule has 0 amide bonds. The molecule has 3 N–H and O–H groups in total. The number of hydrogen-bond acceptors (Lipinski definition) is 10. The molecule has 2 aliphatic heterocycles. The van der Waals surface area contributed by atoms with E-state index >= 15 is 0 Å². The van der Waals surface area contributed by atoms with Crippen LogP contribution < -0.4 is 30.0 Å². The highest BCUT2D eigenvalue weighted by molar-refractivity contribution is 6.33. The molecule has 0 spiro atoms. The van der Waals surface area contributed by atoms with E-state index in [2.05, 4.69) is 15.3 Å². The molecule has 4 heterocycles. The summed E-state index contributed by atoms with van der Waals surface area (Å²) in [6.45, 7) is 0.390. The Morgan fingerprint density at radius 2 is 1.31 bits per heavy atom. The van der Waals surface area contributed by atoms with E-state index < -0.39 is 11.6 Å². The predicted octanol–water partition coefficient (Wildman–Crippen LogP) is 7.25. The van der Waals surface area contributed by atoms with Crippen molar-refractivity contribution in [1.82, 2.24) is 9.97 Å². The molecule has 0 radical (unpaired) electrons. The fraction of sp³-hybridized carbons (Fsp3) is 0.111. The zero-order valence-electron chi connectivity index (χ0n) is 20.4. The smallest absolute Gasteiger partial charge is 0.231 e. The van der Waals surface area contributed by atoms with Crippen molar-refractivity contribution in [2.75, 3.05) is 24.6 Å². The molecule has 10 nitrogen and oxygen atoms in total. The molecule has 216 valence electrons. The SMILES string of the molecule is C.N#Cc1cc(F)c(Cl)nc1Cl.N#Cc1cc(F)c(Nc2cccc3c2OCO3)nc1Cl.Nc1cccc2c1OCO2. The number of rotatable bonds is 2. The van der Waals surface area contributed by atoms with Crippen LogP contribution in [0.2, 0.25) is 15.5 Å². The molecule has 4 aromatic rings. The van der Waals surface area contributed by atoms with Crippen LogP contribution in [0.1, 0.15) is 18.6 Å². The molecule has 6 rings (SSSR count). The van der Waals surface area contributed by atoms with Gasteiger partial charge in [0.15, 0.2) is 45.6 Å². The number of benzene rings is 2. The molecule has 0 bridgehead atoms. The van der Waals surface area contributed by atoms with Crippen molar-refractivity contribution in [2.45, 2.75) is 7.43 Å². The minimum atomic E-state index is -0.743. The van der Waals surface area contributed by atoms with E-state index in [1.165, 1.54) is 0 Å². The van der Waals surface area contributed by atoms with Gasteiger partial charge in [-0.3, -0.25) is 0 Å². The van der Waals surface area contributed by atoms with Crippen LogP contribution in [-0.2, 0) is 0 Å². The lowest BCUT2D eigenvalue weighted by Crippen LogP contribution is -2.00. The number of hydrogen-bond donors (Lipinski definition) is 2. The number of ether oxygens (including phenoxy) is 4. The van der Waals surface area contributed by atoms with E-state index in [4.69, 9.17) is 70.0 Å². The van der Waals surface area contributed by atoms with Gasteiger partial charge in [-0.2, -0.15) is 10.5 Å². The van der Waals surface area contributed by atoms with Gasteiger partial charge in [-0.15, -0.1) is 0 Å². The van der Waals surface area contributed by atoms with Crippen LogP contribution in [0.5, 0.6) is 23.0 Å². The lowest BCUT2D eigenvalue weighted by Gasteiger charge is -2.09. The van der Waals surface area contributed by atoms with Gasteiger partial charge < -0.3 is 30.0 Å². The highest BCUT2D eigenvalue weighted by atomic mass is 35.5. The average molecular weight is 636 g/mol. The van der Waals surface area contributed by atoms with E-state index in [9.17, 15) is 8.78 Å². The standard InChI is InChI=1S/C13H7ClFN3O2.C7H7NO2.C6HCl2FN2.CH4/c14-12-7(5-16)4-8(15)13(18-12)17-9-2-1-3-10-11(9)20-6-19-10;8-5-2-1-3-6-7(5)10-4-9-6;7-5-3(2-10)1-4(9)6(8)11-5;/h1-4H,6H2,(H,17,18);1-3H,4,8H2;1H;1H4. The van der Waals surface area contributed by atoms with Crippen LogP contribution >= 0.6 is 34.8 Å². The van der Waals surface area contributed by atoms with Crippen molar-refractivity contribution in [1.29, 1.82) is 10.5 Å². The Balaban J connectivity index is 0.000000187. The van der Waals surface area contributed by atoms with Gasteiger partial charge in [0.2, 0.25) is 13.6 Å². The quantitative estimate of drug-likeness (QED) is 0.170. The summed E-state index contributed by atoms with van der Waals surface area (Å²) in [4.78, 5) is 7.20. The first kappa shape index (κ1) is 31.8. The average Bonchev–Trinajstić information content (AvgIpc) is 3.64. The van der Waals surface area contributed by atoms with Gasteiger partial charge in [-0.05, 0) is 36.4 Å². The third-order valence-electron chi connectivity index (χ3n) is 5.13. The second-order valence-corrected chi connectivity index (χ2v) is 8.80. The fourth-order valence-corrected chi connectivity index (χ4v) is 3.81. The summed E-state index contributed by atoms with van der Waals surface area (Å²) in [6.07, 6.45) is 0. The second-order valence-electron chi connectivity index (χ2n) is 7.73. The van der Waals surface area contributed by atoms with Crippen molar-refractivity contribution in [3.05, 3.63) is 86.8 Å². The third kappa shape index (κ3) is 7.30. The summed E-state index contributed by atoms with van der Waals surface area (Å²) in [7, 11) is 0. The highest BCUT2D eigenvalue weighted by Gasteiger charge is 2.19. The Kier molecular flexibility index (Phi) is 10.8. The molecule has 0 fully saturated rings. The molecular weight excluding hydrogens is 617 g/mol. The van der Waals surface area contributed by atoms with Crippen LogP contribution in [0.4, 0.5) is 26.0 Å². The molecule has 0 aliphatic carbocycles. The maximum atomic E-state index is 13.8. The summed E-state index contributed by atoms with van der Waals surface area (Å²) in [5, 5.41) is 19.4. The van der Waals surface area contributed by atoms with E-state index in [1.54, 1.807) is 36.4 Å². The predicted molar refractivity (Wildman–Crippen MR) is 152 cm³/mol. The number of nitrogens with one attached hydrogen (secondary N) is 1. The molecule has 2 aliphatic rings. The second kappa shape index (κ2) is 14.2. The van der Waals surface area contributed by atoms with E-state index in [0.29, 0.717) is 28.6 Å². The number of anilines is 3. The maximum Gasteiger partial charge on any atom is 0.231 e. The lowest BCUT2D eigenvalue weighted by molar-refractivity contribution is 0.174. The van der Waals surface area contributed by atoms with Crippen molar-refractivity contribution in [3.63, 3.8) is 0 Å². The number of halogens is 5. The van der Waals surface area contributed by atoms with E-state index in [-0.39, 0.29) is 53.4 Å². The van der Waals surface area contributed by atoms with Crippen LogP contribution in [0, 0.1) is 34.3 Å². The summed E-state index contributed by atoms with van der Waals surface area (Å²) < 4.78 is 47.1. The van der Waals surface area contributed by atoms with Crippen molar-refractivity contribution >= 4 is 52.0 Å². The summed E-state index contributed by atoms with van der Waals surface area (Å²) in [5.74, 6) is 0.944. The van der Waals surface area contributed by atoms with E-state index in [1.807, 2.05) is 12.1 Å². The molecular formula is C27H19Cl3F2N6O4. The first-order valence-corrected chi connectivity index (χ1v) is 12.3. The molecule has 0 saturated carbocycles. The summed E-state index contributed by atoms with van der Waals surface area (Å²) in [6, 6.07) is 16.0. The van der Waals surface area contributed by atoms with Gasteiger partial charge in [-0.25, -0.2) is 18.7 Å². The van der Waals surface area contributed by atoms with Crippen LogP contribution in [0.3, 0.4) is 0 Å². The number of nitrogens with zero attached hydrogens (tertiary/aromatic N) is 4. The molecule has 42 heavy (non-hydrogen) atoms. The lowest BCUT2D eigenvalue weighted by atomic mass is 10.2. The zero-order chi connectivity index (χ0) is 29.5. The van der Waals surface area contributed by atoms with Crippen LogP contribution in [-0.4, -0.2) is 23.6 Å². The van der Waals surface area contributed by atoms with Crippen molar-refractivity contribution in [2.24, 2.45) is 0 Å². The molecule has 2 aromatic carbocycles. The minimum Gasteiger partial charge on any atom is -0.454 e. The monoisotopic (exact) mass is 634 g/mol. The first-order chi connectivity index (χ1) is 19.7. The largest absolute Gasteiger partial charge is 0.454 e. The number of nitrogens with two attached hydrogens (primary N) is 1. The molecule has 0 unspecified atom stereocenters. The number of pyridine rings is 2. The van der Waals surface area contributed by atoms with Gasteiger partial charge in [0.05, 0.1) is 22.5 Å². The van der Waals surface area contributed by atoms with Gasteiger partial charge in [0.1, 0.15) is 22.4 Å². The Morgan fingerprint density at radius 3 is 1.93 bits per heavy atom. The minimum absolute atomic E-state index is 0. The van der Waals surface area contributed by atoms with Gasteiger partial charge in [0.25, 0.3) is 0 Å². The molecule has 0 saturated heterocycles. The topological polar surface area (TPSA) is 148 Å². The highest BCUT2D eigenvalue weighted by Crippen LogP contribution is 2.40. The van der Waals surface area contributed by atoms with Crippen molar-refractivity contribution in [3.8, 4) is 35.1 Å². The van der Waals surface area contributed by atoms with E-state index in [0.717, 1.165) is 17.9 Å². The Hall–Kier alpha value is -4.75. The first-order valence-electron chi connectivity index (χ1n) is 11.2.